The third-order valence-electron chi connectivity index (χ3n) is 3.74. The molecule has 0 aliphatic heterocycles. The second-order valence-corrected chi connectivity index (χ2v) is 6.38. The normalized spacial score (nSPS) is 12.8. The Morgan fingerprint density at radius 2 is 1.75 bits per heavy atom. The molecule has 0 saturated carbocycles. The number of hydrazine groups is 1. The molecule has 1 heterocycles. The minimum Gasteiger partial charge on any atom is -0.271 e. The summed E-state index contributed by atoms with van der Waals surface area (Å²) in [6.45, 7) is 4.29. The maximum Gasteiger partial charge on any atom is 0.0802 e. The number of benzene rings is 2. The first kappa shape index (κ1) is 13.3. The van der Waals surface area contributed by atoms with Crippen molar-refractivity contribution in [2.75, 3.05) is 0 Å². The Bertz CT molecular complexity index is 726. The predicted molar refractivity (Wildman–Crippen MR) is 86.9 cm³/mol. The van der Waals surface area contributed by atoms with Gasteiger partial charge >= 0.3 is 0 Å². The highest BCUT2D eigenvalue weighted by Crippen LogP contribution is 2.31. The molecule has 0 aliphatic carbocycles. The van der Waals surface area contributed by atoms with Crippen molar-refractivity contribution in [2.24, 2.45) is 5.84 Å². The van der Waals surface area contributed by atoms with Crippen molar-refractivity contribution in [1.82, 2.24) is 5.43 Å². The van der Waals surface area contributed by atoms with Crippen molar-refractivity contribution in [3.05, 3.63) is 69.4 Å². The number of fused-ring (bicyclic) bond motifs is 1. The van der Waals surface area contributed by atoms with E-state index in [1.807, 2.05) is 0 Å². The fourth-order valence-electron chi connectivity index (χ4n) is 2.47. The molecule has 102 valence electrons. The number of hydrogen-bond acceptors (Lipinski definition) is 3. The summed E-state index contributed by atoms with van der Waals surface area (Å²) in [5.41, 5.74) is 5.48. The lowest BCUT2D eigenvalue weighted by molar-refractivity contribution is 0.647. The van der Waals surface area contributed by atoms with E-state index in [1.165, 1.54) is 31.7 Å². The van der Waals surface area contributed by atoms with Gasteiger partial charge in [0.1, 0.15) is 0 Å². The minimum atomic E-state index is 0.0528. The maximum absolute atomic E-state index is 5.80. The molecule has 0 spiro atoms. The van der Waals surface area contributed by atoms with Crippen LogP contribution >= 0.6 is 11.3 Å². The number of aryl methyl sites for hydroxylation is 2. The van der Waals surface area contributed by atoms with Crippen LogP contribution in [0.4, 0.5) is 0 Å². The van der Waals surface area contributed by atoms with Crippen LogP contribution < -0.4 is 11.3 Å². The van der Waals surface area contributed by atoms with Gasteiger partial charge in [-0.15, -0.1) is 11.3 Å². The smallest absolute Gasteiger partial charge is 0.0802 e. The molecule has 2 aromatic carbocycles. The molecule has 1 atom stereocenters. The van der Waals surface area contributed by atoms with Crippen LogP contribution in [0.5, 0.6) is 0 Å². The third kappa shape index (κ3) is 2.36. The number of thiophene rings is 1. The molecule has 3 aromatic rings. The van der Waals surface area contributed by atoms with Gasteiger partial charge in [0, 0.05) is 9.75 Å². The van der Waals surface area contributed by atoms with Crippen LogP contribution in [-0.2, 0) is 0 Å². The summed E-state index contributed by atoms with van der Waals surface area (Å²) in [5, 5.41) is 2.50. The highest BCUT2D eigenvalue weighted by molar-refractivity contribution is 7.12. The Kier molecular flexibility index (Phi) is 3.57. The SMILES string of the molecule is Cc1cc(C(NN)c2ccc3ccccc3c2)sc1C. The first-order valence-electron chi connectivity index (χ1n) is 6.71. The van der Waals surface area contributed by atoms with E-state index in [0.717, 1.165) is 0 Å². The van der Waals surface area contributed by atoms with Crippen LogP contribution in [0.2, 0.25) is 0 Å². The van der Waals surface area contributed by atoms with E-state index in [9.17, 15) is 0 Å². The van der Waals surface area contributed by atoms with Crippen molar-refractivity contribution in [3.8, 4) is 0 Å². The quantitative estimate of drug-likeness (QED) is 0.561. The van der Waals surface area contributed by atoms with Gasteiger partial charge in [-0.05, 0) is 47.9 Å². The summed E-state index contributed by atoms with van der Waals surface area (Å²) in [7, 11) is 0. The topological polar surface area (TPSA) is 38.0 Å². The monoisotopic (exact) mass is 282 g/mol. The summed E-state index contributed by atoms with van der Waals surface area (Å²) in [4.78, 5) is 2.61. The van der Waals surface area contributed by atoms with Crippen molar-refractivity contribution < 1.29 is 0 Å². The van der Waals surface area contributed by atoms with Crippen molar-refractivity contribution in [2.45, 2.75) is 19.9 Å². The van der Waals surface area contributed by atoms with Gasteiger partial charge in [-0.1, -0.05) is 36.4 Å². The first-order chi connectivity index (χ1) is 9.69. The van der Waals surface area contributed by atoms with Gasteiger partial charge in [0.25, 0.3) is 0 Å². The van der Waals surface area contributed by atoms with Crippen molar-refractivity contribution in [1.29, 1.82) is 0 Å². The van der Waals surface area contributed by atoms with Crippen molar-refractivity contribution >= 4 is 22.1 Å². The molecular weight excluding hydrogens is 264 g/mol. The maximum atomic E-state index is 5.80. The van der Waals surface area contributed by atoms with Gasteiger partial charge in [-0.25, -0.2) is 5.43 Å². The summed E-state index contributed by atoms with van der Waals surface area (Å²) >= 11 is 1.80. The summed E-state index contributed by atoms with van der Waals surface area (Å²) in [6.07, 6.45) is 0. The average Bonchev–Trinajstić information content (AvgIpc) is 2.79. The van der Waals surface area contributed by atoms with E-state index < -0.39 is 0 Å². The fourth-order valence-corrected chi connectivity index (χ4v) is 3.61. The van der Waals surface area contributed by atoms with E-state index in [-0.39, 0.29) is 6.04 Å². The number of nitrogens with one attached hydrogen (secondary N) is 1. The second-order valence-electron chi connectivity index (χ2n) is 5.09. The molecule has 0 radical (unpaired) electrons. The van der Waals surface area contributed by atoms with E-state index in [4.69, 9.17) is 5.84 Å². The van der Waals surface area contributed by atoms with Crippen LogP contribution in [0, 0.1) is 13.8 Å². The van der Waals surface area contributed by atoms with E-state index in [0.29, 0.717) is 0 Å². The van der Waals surface area contributed by atoms with Gasteiger partial charge in [-0.3, -0.25) is 5.84 Å². The lowest BCUT2D eigenvalue weighted by Gasteiger charge is -2.15. The molecule has 0 fully saturated rings. The molecule has 0 saturated heterocycles. The van der Waals surface area contributed by atoms with Crippen molar-refractivity contribution in [3.63, 3.8) is 0 Å². The Balaban J connectivity index is 2.06. The van der Waals surface area contributed by atoms with Gasteiger partial charge in [0.15, 0.2) is 0 Å². The zero-order valence-corrected chi connectivity index (χ0v) is 12.5. The van der Waals surface area contributed by atoms with E-state index in [2.05, 4.69) is 67.8 Å². The molecule has 3 heteroatoms. The molecule has 1 unspecified atom stereocenters. The largest absolute Gasteiger partial charge is 0.271 e. The first-order valence-corrected chi connectivity index (χ1v) is 7.52. The van der Waals surface area contributed by atoms with Crippen LogP contribution in [0.3, 0.4) is 0 Å². The zero-order chi connectivity index (χ0) is 14.1. The van der Waals surface area contributed by atoms with Crippen LogP contribution in [0.1, 0.15) is 26.9 Å². The summed E-state index contributed by atoms with van der Waals surface area (Å²) in [5.74, 6) is 5.80. The molecule has 3 rings (SSSR count). The lowest BCUT2D eigenvalue weighted by Crippen LogP contribution is -2.28. The summed E-state index contributed by atoms with van der Waals surface area (Å²) in [6, 6.07) is 17.2. The molecule has 20 heavy (non-hydrogen) atoms. The third-order valence-corrected chi connectivity index (χ3v) is 4.96. The Morgan fingerprint density at radius 1 is 1.00 bits per heavy atom. The lowest BCUT2D eigenvalue weighted by atomic mass is 10.0. The molecule has 0 amide bonds. The minimum absolute atomic E-state index is 0.0528. The van der Waals surface area contributed by atoms with Crippen LogP contribution in [0.15, 0.2) is 48.5 Å². The zero-order valence-electron chi connectivity index (χ0n) is 11.7. The second kappa shape index (κ2) is 5.37. The molecule has 2 nitrogen and oxygen atoms in total. The van der Waals surface area contributed by atoms with Crippen LogP contribution in [0.25, 0.3) is 10.8 Å². The Hall–Kier alpha value is -1.68. The predicted octanol–water partition coefficient (Wildman–Crippen LogP) is 4.07. The highest BCUT2D eigenvalue weighted by atomic mass is 32.1. The fraction of sp³-hybridized carbons (Fsp3) is 0.176. The average molecular weight is 282 g/mol. The summed E-state index contributed by atoms with van der Waals surface area (Å²) < 4.78 is 0. The number of hydrogen-bond donors (Lipinski definition) is 2. The van der Waals surface area contributed by atoms with E-state index >= 15 is 0 Å². The molecular formula is C17H18N2S. The Morgan fingerprint density at radius 3 is 2.40 bits per heavy atom. The number of nitrogens with two attached hydrogens (primary N) is 1. The molecule has 1 aromatic heterocycles. The molecule has 3 N–H and O–H groups in total. The Labute approximate surface area is 123 Å². The standard InChI is InChI=1S/C17H18N2S/c1-11-9-16(20-12(11)2)17(19-18)15-8-7-13-5-3-4-6-14(13)10-15/h3-10,17,19H,18H2,1-2H3. The number of rotatable bonds is 3. The molecule has 0 bridgehead atoms. The van der Waals surface area contributed by atoms with Gasteiger partial charge in [0.05, 0.1) is 6.04 Å². The van der Waals surface area contributed by atoms with Gasteiger partial charge < -0.3 is 0 Å². The highest BCUT2D eigenvalue weighted by Gasteiger charge is 2.15. The van der Waals surface area contributed by atoms with Crippen LogP contribution in [-0.4, -0.2) is 0 Å². The molecule has 0 aliphatic rings. The van der Waals surface area contributed by atoms with Gasteiger partial charge in [-0.2, -0.15) is 0 Å². The van der Waals surface area contributed by atoms with Gasteiger partial charge in [0.2, 0.25) is 0 Å². The van der Waals surface area contributed by atoms with E-state index in [1.54, 1.807) is 11.3 Å².